The Hall–Kier alpha value is -1.88. The van der Waals surface area contributed by atoms with Crippen LogP contribution in [-0.4, -0.2) is 15.7 Å². The van der Waals surface area contributed by atoms with Crippen LogP contribution >= 0.6 is 11.6 Å². The molecule has 0 radical (unpaired) electrons. The smallest absolute Gasteiger partial charge is 0.225 e. The molecule has 1 aromatic carbocycles. The monoisotopic (exact) mass is 349 g/mol. The molecular weight excluding hydrogens is 329 g/mol. The van der Waals surface area contributed by atoms with Crippen LogP contribution in [0.5, 0.6) is 0 Å². The van der Waals surface area contributed by atoms with E-state index in [1.165, 1.54) is 37.8 Å². The van der Waals surface area contributed by atoms with Gasteiger partial charge in [0.05, 0.1) is 6.54 Å². The Morgan fingerprint density at radius 3 is 2.71 bits per heavy atom. The molecule has 0 aliphatic heterocycles. The van der Waals surface area contributed by atoms with Crippen LogP contribution in [0.25, 0.3) is 0 Å². The van der Waals surface area contributed by atoms with Gasteiger partial charge in [0.2, 0.25) is 5.91 Å². The Morgan fingerprint density at radius 1 is 1.29 bits per heavy atom. The van der Waals surface area contributed by atoms with E-state index in [1.807, 2.05) is 0 Å². The van der Waals surface area contributed by atoms with Crippen molar-refractivity contribution in [1.82, 2.24) is 9.78 Å². The Labute approximate surface area is 146 Å². The van der Waals surface area contributed by atoms with Gasteiger partial charge in [-0.1, -0.05) is 49.4 Å². The lowest BCUT2D eigenvalue weighted by molar-refractivity contribution is -0.116. The number of nitrogens with zero attached hydrogens (tertiary/aromatic N) is 2. The van der Waals surface area contributed by atoms with E-state index in [-0.39, 0.29) is 11.7 Å². The van der Waals surface area contributed by atoms with Crippen LogP contribution < -0.4 is 5.32 Å². The normalized spacial score (nSPS) is 14.9. The zero-order valence-electron chi connectivity index (χ0n) is 13.5. The van der Waals surface area contributed by atoms with Gasteiger partial charge in [-0.15, -0.1) is 0 Å². The molecule has 1 fully saturated rings. The zero-order valence-corrected chi connectivity index (χ0v) is 14.2. The summed E-state index contributed by atoms with van der Waals surface area (Å²) in [6.07, 6.45) is 8.14. The van der Waals surface area contributed by atoms with Gasteiger partial charge in [-0.2, -0.15) is 5.10 Å². The highest BCUT2D eigenvalue weighted by Crippen LogP contribution is 2.28. The van der Waals surface area contributed by atoms with Gasteiger partial charge in [0, 0.05) is 12.6 Å². The number of amides is 1. The number of carbonyl (C=O) groups excluding carboxylic acids is 1. The van der Waals surface area contributed by atoms with Gasteiger partial charge in [-0.05, 0) is 30.0 Å². The van der Waals surface area contributed by atoms with Crippen molar-refractivity contribution in [2.75, 3.05) is 5.32 Å². The van der Waals surface area contributed by atoms with Crippen LogP contribution in [-0.2, 0) is 11.3 Å². The standard InChI is InChI=1S/C18H21ClFN3O/c19-16-12-23(11-14-5-8-15(20)9-6-14)22-18(16)21-17(24)10-7-13-3-1-2-4-13/h5-6,8-9,12-13H,1-4,7,10-11H2,(H,21,22,24). The largest absolute Gasteiger partial charge is 0.308 e. The van der Waals surface area contributed by atoms with Gasteiger partial charge in [0.1, 0.15) is 10.8 Å². The molecule has 6 heteroatoms. The van der Waals surface area contributed by atoms with E-state index in [4.69, 9.17) is 11.6 Å². The van der Waals surface area contributed by atoms with E-state index >= 15 is 0 Å². The van der Waals surface area contributed by atoms with Gasteiger partial charge >= 0.3 is 0 Å². The highest BCUT2D eigenvalue weighted by atomic mass is 35.5. The first kappa shape index (κ1) is 17.0. The fraction of sp³-hybridized carbons (Fsp3) is 0.444. The highest BCUT2D eigenvalue weighted by molar-refractivity contribution is 6.33. The molecule has 0 unspecified atom stereocenters. The maximum atomic E-state index is 12.9. The van der Waals surface area contributed by atoms with E-state index in [2.05, 4.69) is 10.4 Å². The first-order valence-electron chi connectivity index (χ1n) is 8.37. The van der Waals surface area contributed by atoms with Crippen molar-refractivity contribution in [2.45, 2.75) is 45.1 Å². The van der Waals surface area contributed by atoms with Crippen LogP contribution in [0, 0.1) is 11.7 Å². The number of benzene rings is 1. The fourth-order valence-electron chi connectivity index (χ4n) is 3.17. The molecule has 128 valence electrons. The van der Waals surface area contributed by atoms with Gasteiger partial charge < -0.3 is 5.32 Å². The first-order valence-corrected chi connectivity index (χ1v) is 8.75. The van der Waals surface area contributed by atoms with E-state index in [0.29, 0.717) is 29.7 Å². The van der Waals surface area contributed by atoms with Gasteiger partial charge in [0.25, 0.3) is 0 Å². The molecule has 0 spiro atoms. The number of aromatic nitrogens is 2. The van der Waals surface area contributed by atoms with Crippen LogP contribution in [0.4, 0.5) is 10.2 Å². The lowest BCUT2D eigenvalue weighted by atomic mass is 10.0. The summed E-state index contributed by atoms with van der Waals surface area (Å²) in [7, 11) is 0. The molecule has 2 aromatic rings. The molecule has 0 bridgehead atoms. The number of anilines is 1. The Bertz CT molecular complexity index is 693. The third kappa shape index (κ3) is 4.57. The first-order chi connectivity index (χ1) is 11.6. The molecule has 1 aliphatic rings. The predicted molar refractivity (Wildman–Crippen MR) is 92.6 cm³/mol. The quantitative estimate of drug-likeness (QED) is 0.826. The minimum Gasteiger partial charge on any atom is -0.308 e. The maximum Gasteiger partial charge on any atom is 0.225 e. The SMILES string of the molecule is O=C(CCC1CCCC1)Nc1nn(Cc2ccc(F)cc2)cc1Cl. The summed E-state index contributed by atoms with van der Waals surface area (Å²) >= 11 is 6.15. The molecule has 4 nitrogen and oxygen atoms in total. The third-order valence-corrected chi connectivity index (χ3v) is 4.76. The molecule has 1 heterocycles. The molecule has 1 aromatic heterocycles. The van der Waals surface area contributed by atoms with Crippen LogP contribution in [0.1, 0.15) is 44.1 Å². The van der Waals surface area contributed by atoms with Crippen LogP contribution in [0.15, 0.2) is 30.5 Å². The minimum atomic E-state index is -0.271. The molecule has 24 heavy (non-hydrogen) atoms. The average Bonchev–Trinajstić information content (AvgIpc) is 3.18. The van der Waals surface area contributed by atoms with Crippen molar-refractivity contribution in [3.63, 3.8) is 0 Å². The Balaban J connectivity index is 1.55. The predicted octanol–water partition coefficient (Wildman–Crippen LogP) is 4.63. The minimum absolute atomic E-state index is 0.0455. The van der Waals surface area contributed by atoms with Gasteiger partial charge in [-0.25, -0.2) is 4.39 Å². The van der Waals surface area contributed by atoms with Crippen LogP contribution in [0.3, 0.4) is 0 Å². The molecule has 1 N–H and O–H groups in total. The molecule has 0 saturated heterocycles. The molecule has 1 amide bonds. The second-order valence-electron chi connectivity index (χ2n) is 6.39. The molecular formula is C18H21ClFN3O. The van der Waals surface area contributed by atoms with Crippen molar-refractivity contribution in [1.29, 1.82) is 0 Å². The van der Waals surface area contributed by atoms with Crippen molar-refractivity contribution in [3.8, 4) is 0 Å². The number of carbonyl (C=O) groups is 1. The van der Waals surface area contributed by atoms with Gasteiger partial charge in [-0.3, -0.25) is 9.48 Å². The maximum absolute atomic E-state index is 12.9. The topological polar surface area (TPSA) is 46.9 Å². The summed E-state index contributed by atoms with van der Waals surface area (Å²) in [5, 5.41) is 7.50. The van der Waals surface area contributed by atoms with E-state index in [9.17, 15) is 9.18 Å². The second-order valence-corrected chi connectivity index (χ2v) is 6.79. The number of halogens is 2. The summed E-state index contributed by atoms with van der Waals surface area (Å²) in [4.78, 5) is 12.1. The fourth-order valence-corrected chi connectivity index (χ4v) is 3.37. The van der Waals surface area contributed by atoms with Crippen molar-refractivity contribution in [2.24, 2.45) is 5.92 Å². The lowest BCUT2D eigenvalue weighted by Gasteiger charge is -2.08. The second kappa shape index (κ2) is 7.79. The van der Waals surface area contributed by atoms with E-state index in [1.54, 1.807) is 23.0 Å². The Morgan fingerprint density at radius 2 is 2.00 bits per heavy atom. The summed E-state index contributed by atoms with van der Waals surface area (Å²) in [6, 6.07) is 6.22. The number of hydrogen-bond donors (Lipinski definition) is 1. The number of hydrogen-bond acceptors (Lipinski definition) is 2. The average molecular weight is 350 g/mol. The van der Waals surface area contributed by atoms with Crippen LogP contribution in [0.2, 0.25) is 5.02 Å². The van der Waals surface area contributed by atoms with E-state index < -0.39 is 0 Å². The van der Waals surface area contributed by atoms with E-state index in [0.717, 1.165) is 12.0 Å². The Kier molecular flexibility index (Phi) is 5.51. The summed E-state index contributed by atoms with van der Waals surface area (Å²) in [6.45, 7) is 0.470. The number of rotatable bonds is 6. The lowest BCUT2D eigenvalue weighted by Crippen LogP contribution is -2.14. The molecule has 1 aliphatic carbocycles. The van der Waals surface area contributed by atoms with Gasteiger partial charge in [0.15, 0.2) is 5.82 Å². The van der Waals surface area contributed by atoms with Crippen molar-refractivity contribution >= 4 is 23.3 Å². The van der Waals surface area contributed by atoms with Crippen molar-refractivity contribution < 1.29 is 9.18 Å². The molecule has 3 rings (SSSR count). The third-order valence-electron chi connectivity index (χ3n) is 4.49. The molecule has 1 saturated carbocycles. The summed E-state index contributed by atoms with van der Waals surface area (Å²) in [5.74, 6) is 0.751. The van der Waals surface area contributed by atoms with Crippen molar-refractivity contribution in [3.05, 3.63) is 46.9 Å². The zero-order chi connectivity index (χ0) is 16.9. The summed E-state index contributed by atoms with van der Waals surface area (Å²) < 4.78 is 14.6. The summed E-state index contributed by atoms with van der Waals surface area (Å²) in [5.41, 5.74) is 0.912. The highest BCUT2D eigenvalue weighted by Gasteiger charge is 2.17. The molecule has 0 atom stereocenters. The number of nitrogens with one attached hydrogen (secondary N) is 1.